The van der Waals surface area contributed by atoms with Crippen LogP contribution >= 0.6 is 0 Å². The number of sulfone groups is 2. The summed E-state index contributed by atoms with van der Waals surface area (Å²) >= 11 is 0. The number of piperidine rings is 1. The normalized spacial score (nSPS) is 18.6. The first-order valence-corrected chi connectivity index (χ1v) is 51.3. The third kappa shape index (κ3) is 19.5. The molecule has 23 rings (SSSR count). The van der Waals surface area contributed by atoms with Crippen molar-refractivity contribution >= 4 is 115 Å². The number of ketones is 1. The van der Waals surface area contributed by atoms with Gasteiger partial charge >= 0.3 is 0 Å². The number of aliphatic hydroxyl groups is 2. The van der Waals surface area contributed by atoms with Gasteiger partial charge in [-0.3, -0.25) is 24.3 Å². The van der Waals surface area contributed by atoms with Crippen LogP contribution in [0.3, 0.4) is 0 Å². The number of anilines is 5. The summed E-state index contributed by atoms with van der Waals surface area (Å²) in [5.74, 6) is 1.04. The number of pyridine rings is 1. The van der Waals surface area contributed by atoms with Crippen molar-refractivity contribution < 1.29 is 54.8 Å². The molecule has 140 heavy (non-hydrogen) atoms. The summed E-state index contributed by atoms with van der Waals surface area (Å²) in [4.78, 5) is 46.4. The number of Topliss-reactive ketones (excluding diaryl/α,β-unsaturated/α-hetero) is 1. The van der Waals surface area contributed by atoms with Crippen molar-refractivity contribution in [1.29, 1.82) is 0 Å². The smallest absolute Gasteiger partial charge is 0.247 e. The summed E-state index contributed by atoms with van der Waals surface area (Å²) in [7, 11) is -4.45. The molecule has 726 valence electrons. The van der Waals surface area contributed by atoms with Gasteiger partial charge in [0, 0.05) is 163 Å². The number of nitrogens with one attached hydrogen (secondary N) is 3. The second-order valence-corrected chi connectivity index (χ2v) is 42.7. The van der Waals surface area contributed by atoms with E-state index >= 15 is 8.78 Å². The molecule has 5 N–H and O–H groups in total. The maximum Gasteiger partial charge on any atom is 0.247 e. The number of likely N-dealkylation sites (N-methyl/N-ethyl adjacent to an activating group) is 1. The molecule has 5 saturated heterocycles. The fourth-order valence-electron chi connectivity index (χ4n) is 20.5. The third-order valence-electron chi connectivity index (χ3n) is 27.8. The second kappa shape index (κ2) is 39.7. The number of likely N-dealkylation sites (tertiary alicyclic amines) is 1. The number of hydrogen-bond acceptors (Lipinski definition) is 24. The summed E-state index contributed by atoms with van der Waals surface area (Å²) in [6.45, 7) is 22.0. The van der Waals surface area contributed by atoms with Crippen LogP contribution in [0.25, 0.3) is 93.8 Å². The highest BCUT2D eigenvalue weighted by Gasteiger charge is 2.61. The Balaban J connectivity index is 0.000000119. The van der Waals surface area contributed by atoms with Gasteiger partial charge in [-0.1, -0.05) is 107 Å². The molecular weight excluding hydrogens is 1810 g/mol. The van der Waals surface area contributed by atoms with Gasteiger partial charge in [0.2, 0.25) is 11.9 Å². The number of aliphatic hydroxyl groups excluding tert-OH is 1. The van der Waals surface area contributed by atoms with Crippen LogP contribution in [0.2, 0.25) is 0 Å². The zero-order valence-corrected chi connectivity index (χ0v) is 80.7. The Morgan fingerprint density at radius 2 is 1.38 bits per heavy atom. The number of fused-ring (bicyclic) bond motifs is 15. The molecule has 2 bridgehead atoms. The molecule has 7 aromatic heterocycles. The van der Waals surface area contributed by atoms with Crippen molar-refractivity contribution in [1.82, 2.24) is 73.5 Å². The minimum Gasteiger partial charge on any atom is -0.492 e. The molecule has 6 aliphatic heterocycles. The van der Waals surface area contributed by atoms with Crippen molar-refractivity contribution in [2.24, 2.45) is 5.41 Å². The molecule has 5 fully saturated rings. The molecule has 7 aliphatic rings. The highest BCUT2D eigenvalue weighted by molar-refractivity contribution is 7.91. The molecule has 9 aromatic carbocycles. The predicted octanol–water partition coefficient (Wildman–Crippen LogP) is 17.9. The lowest BCUT2D eigenvalue weighted by Crippen LogP contribution is -2.53. The van der Waals surface area contributed by atoms with Crippen LogP contribution < -0.4 is 25.6 Å². The average molecular weight is 1930 g/mol. The SMILES string of the molecule is C.CN1CCN(c2cccc(Nc3nc4c(-c5ccc(S(C)(=O)=O)cc5)cccn4n3)c2)CC1.C[C@]12OC(C[C@]1(O)CO)n1c3ccccc3c3c4c(c5c6ccccc6n2c5c31)CCC4=O.Cc1cnc(Nc2ccc(OCCN3CCCC3)cc2)nc1Cc1cccc(S(=O)(=O)CC(C)(C)C)c1.Fc1cc(-c2cccc3ncc(-c4cnn(C5CCNCC5)c4)nc23)cc(F)c1CN1CCOCC1. The number of hydrogen-bond donors (Lipinski definition) is 5. The summed E-state index contributed by atoms with van der Waals surface area (Å²) < 4.78 is 105. The molecular formula is C108H118F2N18O10S2. The van der Waals surface area contributed by atoms with Crippen LogP contribution in [-0.4, -0.2) is 224 Å². The van der Waals surface area contributed by atoms with E-state index in [2.05, 4.69) is 97.3 Å². The van der Waals surface area contributed by atoms with Gasteiger partial charge in [0.05, 0.1) is 98.3 Å². The molecule has 3 atom stereocenters. The second-order valence-electron chi connectivity index (χ2n) is 38.7. The standard InChI is InChI=1S/C29H38N4O3S.C27H28F2N6O.C27H22N2O4.C24H26N6O2S.CH4/c1-22-20-30-28(31-24-10-12-25(13-11-24)36-17-16-33-14-5-6-15-33)32-27(22)19-23-8-7-9-26(18-23)37(34,35)21-29(2,3)4;28-23-12-18(13-24(29)22(23)17-34-8-10-36-11-9-34)21-2-1-3-25-27(21)33-26(15-31-25)19-14-32-35(16-19)20-4-6-30-7-5-20;1-26-27(32,13-30)12-20(33-26)28-17-8-4-2-6-14(17)23-22-16(10-11-19(22)31)21-15-7-3-5-9-18(15)29(26)25(21)24(23)28;1-28-13-15-29(16-14-28)20-6-3-5-19(17-20)25-24-26-23-22(7-4-12-30(23)27-24)18-8-10-21(11-9-18)33(2,31)32;/h7-13,18,20H,5-6,14-17,19,21H2,1-4H3,(H,30,31,32);1-3,12-16,20,30H,4-11,17H2;2-9,20,30,32H,10-13H2,1H3;3-12,17H,13-16H2,1-2H3,(H,25,27);1H4/t;;20?,26-,27-;;/m..0../s1. The van der Waals surface area contributed by atoms with Crippen molar-refractivity contribution in [2.45, 2.75) is 133 Å². The zero-order valence-electron chi connectivity index (χ0n) is 79.1. The Hall–Kier alpha value is -12.9. The number of benzene rings is 9. The van der Waals surface area contributed by atoms with Crippen LogP contribution in [0.15, 0.2) is 229 Å². The van der Waals surface area contributed by atoms with E-state index in [1.54, 1.807) is 65.6 Å². The monoisotopic (exact) mass is 1930 g/mol. The molecule has 0 amide bonds. The Morgan fingerprint density at radius 1 is 0.671 bits per heavy atom. The molecule has 0 saturated carbocycles. The van der Waals surface area contributed by atoms with Crippen LogP contribution in [0.5, 0.6) is 5.75 Å². The highest BCUT2D eigenvalue weighted by Crippen LogP contribution is 2.58. The number of aryl methyl sites for hydroxylation is 2. The summed E-state index contributed by atoms with van der Waals surface area (Å²) in [6, 6.07) is 58.9. The van der Waals surface area contributed by atoms with Gasteiger partial charge in [0.15, 0.2) is 36.8 Å². The third-order valence-corrected chi connectivity index (χ3v) is 31.1. The minimum absolute atomic E-state index is 0. The fourth-order valence-corrected chi connectivity index (χ4v) is 23.1. The Bertz CT molecular complexity index is 7550. The molecule has 0 spiro atoms. The first-order valence-electron chi connectivity index (χ1n) is 47.8. The molecule has 32 heteroatoms. The Kier molecular flexibility index (Phi) is 27.2. The first kappa shape index (κ1) is 96.0. The number of morpholine rings is 1. The van der Waals surface area contributed by atoms with Crippen molar-refractivity contribution in [3.8, 4) is 39.3 Å². The van der Waals surface area contributed by atoms with Crippen LogP contribution in [-0.2, 0) is 54.3 Å². The van der Waals surface area contributed by atoms with Crippen molar-refractivity contribution in [3.05, 3.63) is 264 Å². The predicted molar refractivity (Wildman–Crippen MR) is 545 cm³/mol. The minimum atomic E-state index is -3.36. The molecule has 28 nitrogen and oxygen atoms in total. The number of halogens is 2. The van der Waals surface area contributed by atoms with E-state index in [0.717, 1.165) is 164 Å². The molecule has 16 aromatic rings. The molecule has 1 aliphatic carbocycles. The Labute approximate surface area is 813 Å². The largest absolute Gasteiger partial charge is 0.492 e. The lowest BCUT2D eigenvalue weighted by molar-refractivity contribution is -0.189. The van der Waals surface area contributed by atoms with Gasteiger partial charge in [-0.05, 0) is 222 Å². The number of carbonyl (C=O) groups excluding carboxylic acids is 1. The molecule has 0 radical (unpaired) electrons. The lowest BCUT2D eigenvalue weighted by atomic mass is 9.89. The van der Waals surface area contributed by atoms with Gasteiger partial charge in [-0.25, -0.2) is 45.1 Å². The molecule has 13 heterocycles. The van der Waals surface area contributed by atoms with Crippen LogP contribution in [0.4, 0.5) is 37.7 Å². The van der Waals surface area contributed by atoms with Gasteiger partial charge in [-0.15, -0.1) is 5.10 Å². The van der Waals surface area contributed by atoms with Gasteiger partial charge < -0.3 is 59.3 Å². The quantitative estimate of drug-likeness (QED) is 0.0446. The van der Waals surface area contributed by atoms with Crippen molar-refractivity contribution in [2.75, 3.05) is 133 Å². The van der Waals surface area contributed by atoms with E-state index in [4.69, 9.17) is 29.2 Å². The number of rotatable bonds is 21. The maximum absolute atomic E-state index is 15.1. The van der Waals surface area contributed by atoms with Crippen LogP contribution in [0, 0.1) is 24.0 Å². The fraction of sp³-hybridized carbons (Fsp3) is 0.352. The van der Waals surface area contributed by atoms with E-state index in [0.29, 0.717) is 113 Å². The number of aromatic nitrogens is 11. The number of carbonyl (C=O) groups is 1. The van der Waals surface area contributed by atoms with Crippen LogP contribution in [0.1, 0.15) is 124 Å². The summed E-state index contributed by atoms with van der Waals surface area (Å²) in [5.41, 5.74) is 15.0. The maximum atomic E-state index is 15.1. The zero-order chi connectivity index (χ0) is 96.2. The summed E-state index contributed by atoms with van der Waals surface area (Å²) in [6.07, 6.45) is 16.6. The van der Waals surface area contributed by atoms with Crippen molar-refractivity contribution in [3.63, 3.8) is 0 Å². The first-order chi connectivity index (χ1) is 67.1. The number of ether oxygens (including phenoxy) is 3. The Morgan fingerprint density at radius 3 is 2.11 bits per heavy atom. The van der Waals surface area contributed by atoms with Gasteiger partial charge in [0.1, 0.15) is 35.8 Å². The van der Waals surface area contributed by atoms with Gasteiger partial charge in [-0.2, -0.15) is 10.1 Å². The van der Waals surface area contributed by atoms with Gasteiger partial charge in [0.25, 0.3) is 0 Å². The molecule has 1 unspecified atom stereocenters. The number of piperazine rings is 1. The summed E-state index contributed by atoms with van der Waals surface area (Å²) in [5, 5.41) is 45.4. The highest BCUT2D eigenvalue weighted by atomic mass is 32.2. The van der Waals surface area contributed by atoms with E-state index in [1.807, 2.05) is 160 Å². The number of para-hydroxylation sites is 3. The van der Waals surface area contributed by atoms with E-state index in [9.17, 15) is 31.8 Å². The van der Waals surface area contributed by atoms with E-state index in [1.165, 1.54) is 50.0 Å². The number of nitrogens with zero attached hydrogens (tertiary/aromatic N) is 15. The van der Waals surface area contributed by atoms with E-state index in [-0.39, 0.29) is 42.9 Å². The van der Waals surface area contributed by atoms with E-state index < -0.39 is 55.5 Å². The average Bonchev–Trinajstić information content (AvgIpc) is 1.49. The topological polar surface area (TPSA) is 312 Å². The lowest BCUT2D eigenvalue weighted by Gasteiger charge is -2.38.